The first-order chi connectivity index (χ1) is 21.2. The van der Waals surface area contributed by atoms with Gasteiger partial charge in [-0.3, -0.25) is 14.6 Å². The minimum absolute atomic E-state index is 0.245. The zero-order chi connectivity index (χ0) is 31.9. The van der Waals surface area contributed by atoms with Gasteiger partial charge < -0.3 is 26.1 Å². The van der Waals surface area contributed by atoms with Gasteiger partial charge in [-0.1, -0.05) is 55.8 Å². The molecule has 2 amide bonds. The number of rotatable bonds is 15. The van der Waals surface area contributed by atoms with E-state index in [-0.39, 0.29) is 6.42 Å². The lowest BCUT2D eigenvalue weighted by atomic mass is 10.0. The average Bonchev–Trinajstić information content (AvgIpc) is 3.02. The van der Waals surface area contributed by atoms with E-state index in [1.807, 2.05) is 30.3 Å². The van der Waals surface area contributed by atoms with Crippen LogP contribution in [0, 0.1) is 0 Å². The monoisotopic (exact) mass is 619 g/mol. The van der Waals surface area contributed by atoms with Gasteiger partial charge >= 0.3 is 5.97 Å². The van der Waals surface area contributed by atoms with Gasteiger partial charge in [0.1, 0.15) is 19.0 Å². The van der Waals surface area contributed by atoms with Crippen LogP contribution in [-0.2, 0) is 20.7 Å². The molecule has 0 heterocycles. The number of hydrogen-bond donors (Lipinski definition) is 4. The second-order valence-electron chi connectivity index (χ2n) is 9.69. The Bertz CT molecular complexity index is 1440. The molecule has 0 aromatic heterocycles. The molecule has 11 nitrogen and oxygen atoms in total. The van der Waals surface area contributed by atoms with Crippen molar-refractivity contribution in [2.45, 2.75) is 26.3 Å². The standard InChI is InChI=1S/C32H38ClN7O4/c1-3-39(4-2)18-19-44-32(43)24-10-14-27(15-11-24)37-31(42)28(20-23-8-6-5-7-9-23)38-30(41)17-12-25-21-26(33)13-16-29(25)40(35)22-36-34/h5-17,21-22,28H,3-4,18-20,34-35H2,1-2H3,(H,37,42)(H,38,41)/b17-12+,36-22-/t28-/m0/s1. The molecule has 44 heavy (non-hydrogen) atoms. The van der Waals surface area contributed by atoms with Crippen molar-refractivity contribution in [1.82, 2.24) is 10.2 Å². The topological polar surface area (TPSA) is 155 Å². The Kier molecular flexibility index (Phi) is 13.4. The largest absolute Gasteiger partial charge is 0.461 e. The number of nitrogens with two attached hydrogens (primary N) is 2. The first kappa shape index (κ1) is 33.8. The Morgan fingerprint density at radius 3 is 2.39 bits per heavy atom. The van der Waals surface area contributed by atoms with E-state index < -0.39 is 23.8 Å². The number of anilines is 2. The van der Waals surface area contributed by atoms with E-state index in [2.05, 4.69) is 34.5 Å². The fourth-order valence-corrected chi connectivity index (χ4v) is 4.46. The molecule has 1 atom stereocenters. The van der Waals surface area contributed by atoms with Gasteiger partial charge in [0.25, 0.3) is 0 Å². The third kappa shape index (κ3) is 10.5. The van der Waals surface area contributed by atoms with Crippen LogP contribution in [0.5, 0.6) is 0 Å². The Hall–Kier alpha value is -4.71. The van der Waals surface area contributed by atoms with Crippen molar-refractivity contribution >= 4 is 53.2 Å². The summed E-state index contributed by atoms with van der Waals surface area (Å²) in [6, 6.07) is 19.7. The van der Waals surface area contributed by atoms with Crippen molar-refractivity contribution in [3.05, 3.63) is 101 Å². The molecule has 0 saturated carbocycles. The van der Waals surface area contributed by atoms with Gasteiger partial charge in [0.15, 0.2) is 0 Å². The lowest BCUT2D eigenvalue weighted by molar-refractivity contribution is -0.123. The highest BCUT2D eigenvalue weighted by atomic mass is 35.5. The molecule has 0 aliphatic rings. The summed E-state index contributed by atoms with van der Waals surface area (Å²) in [5.41, 5.74) is 2.73. The molecule has 0 saturated heterocycles. The number of nitrogens with one attached hydrogen (secondary N) is 2. The van der Waals surface area contributed by atoms with Crippen molar-refractivity contribution in [3.63, 3.8) is 0 Å². The number of carbonyl (C=O) groups excluding carboxylic acids is 3. The third-order valence-electron chi connectivity index (χ3n) is 6.71. The van der Waals surface area contributed by atoms with Crippen LogP contribution in [0.2, 0.25) is 5.02 Å². The van der Waals surface area contributed by atoms with Crippen LogP contribution < -0.4 is 27.3 Å². The number of amides is 2. The smallest absolute Gasteiger partial charge is 0.338 e. The Balaban J connectivity index is 1.70. The van der Waals surface area contributed by atoms with Crippen LogP contribution in [0.1, 0.15) is 35.3 Å². The number of ether oxygens (including phenoxy) is 1. The number of likely N-dealkylation sites (N-methyl/N-ethyl adjacent to an activating group) is 1. The van der Waals surface area contributed by atoms with Crippen LogP contribution in [0.25, 0.3) is 6.08 Å². The molecule has 0 fully saturated rings. The number of nitrogens with zero attached hydrogens (tertiary/aromatic N) is 3. The highest BCUT2D eigenvalue weighted by Gasteiger charge is 2.21. The predicted octanol–water partition coefficient (Wildman–Crippen LogP) is 3.80. The number of halogens is 1. The van der Waals surface area contributed by atoms with Crippen LogP contribution in [0.4, 0.5) is 11.4 Å². The van der Waals surface area contributed by atoms with Gasteiger partial charge in [0.2, 0.25) is 11.8 Å². The van der Waals surface area contributed by atoms with Gasteiger partial charge in [0.05, 0.1) is 11.3 Å². The molecule has 0 spiro atoms. The maximum Gasteiger partial charge on any atom is 0.338 e. The molecular formula is C32H38ClN7O4. The first-order valence-corrected chi connectivity index (χ1v) is 14.5. The molecule has 3 rings (SSSR count). The van der Waals surface area contributed by atoms with E-state index in [0.717, 1.165) is 18.7 Å². The fraction of sp³-hybridized carbons (Fsp3) is 0.250. The third-order valence-corrected chi connectivity index (χ3v) is 6.95. The quantitative estimate of drug-likeness (QED) is 0.0500. The maximum absolute atomic E-state index is 13.4. The van der Waals surface area contributed by atoms with E-state index in [1.54, 1.807) is 42.5 Å². The number of hydrazone groups is 1. The average molecular weight is 620 g/mol. The minimum Gasteiger partial charge on any atom is -0.461 e. The van der Waals surface area contributed by atoms with Crippen molar-refractivity contribution in [2.75, 3.05) is 36.6 Å². The molecule has 0 aliphatic heterocycles. The van der Waals surface area contributed by atoms with Gasteiger partial charge in [-0.2, -0.15) is 5.10 Å². The summed E-state index contributed by atoms with van der Waals surface area (Å²) in [4.78, 5) is 40.9. The minimum atomic E-state index is -0.909. The molecule has 232 valence electrons. The number of carbonyl (C=O) groups is 3. The van der Waals surface area contributed by atoms with Crippen molar-refractivity contribution in [2.24, 2.45) is 16.8 Å². The van der Waals surface area contributed by atoms with Crippen molar-refractivity contribution in [1.29, 1.82) is 0 Å². The highest BCUT2D eigenvalue weighted by Crippen LogP contribution is 2.23. The van der Waals surface area contributed by atoms with E-state index in [0.29, 0.717) is 40.7 Å². The summed E-state index contributed by atoms with van der Waals surface area (Å²) in [6.07, 6.45) is 4.27. The molecular weight excluding hydrogens is 582 g/mol. The number of hydrogen-bond acceptors (Lipinski definition) is 8. The molecule has 0 radical (unpaired) electrons. The number of benzene rings is 3. The van der Waals surface area contributed by atoms with Crippen LogP contribution in [0.3, 0.4) is 0 Å². The second kappa shape index (κ2) is 17.4. The van der Waals surface area contributed by atoms with Gasteiger partial charge in [0, 0.05) is 35.3 Å². The molecule has 3 aromatic carbocycles. The molecule has 12 heteroatoms. The number of esters is 1. The highest BCUT2D eigenvalue weighted by molar-refractivity contribution is 6.30. The summed E-state index contributed by atoms with van der Waals surface area (Å²) < 4.78 is 5.37. The molecule has 0 unspecified atom stereocenters. The van der Waals surface area contributed by atoms with E-state index in [1.165, 1.54) is 23.5 Å². The summed E-state index contributed by atoms with van der Waals surface area (Å²) in [5, 5.41) is 10.6. The van der Waals surface area contributed by atoms with E-state index in [9.17, 15) is 14.4 Å². The molecule has 0 aliphatic carbocycles. The normalized spacial score (nSPS) is 11.9. The summed E-state index contributed by atoms with van der Waals surface area (Å²) in [5.74, 6) is 9.79. The first-order valence-electron chi connectivity index (χ1n) is 14.1. The SMILES string of the molecule is CCN(CC)CCOC(=O)c1ccc(NC(=O)[C@H](Cc2ccccc2)NC(=O)/C=C/c2cc(Cl)ccc2N(N)/C=N\N)cc1. The molecule has 3 aromatic rings. The van der Waals surface area contributed by atoms with Gasteiger partial charge in [-0.15, -0.1) is 0 Å². The Morgan fingerprint density at radius 1 is 1.02 bits per heavy atom. The Labute approximate surface area is 262 Å². The lowest BCUT2D eigenvalue weighted by Crippen LogP contribution is -2.44. The Morgan fingerprint density at radius 2 is 1.73 bits per heavy atom. The molecule has 6 N–H and O–H groups in total. The van der Waals surface area contributed by atoms with Crippen LogP contribution >= 0.6 is 11.6 Å². The summed E-state index contributed by atoms with van der Waals surface area (Å²) >= 11 is 6.15. The second-order valence-corrected chi connectivity index (χ2v) is 10.1. The van der Waals surface area contributed by atoms with Gasteiger partial charge in [-0.25, -0.2) is 10.6 Å². The summed E-state index contributed by atoms with van der Waals surface area (Å²) in [7, 11) is 0. The fourth-order valence-electron chi connectivity index (χ4n) is 4.28. The lowest BCUT2D eigenvalue weighted by Gasteiger charge is -2.19. The maximum atomic E-state index is 13.4. The van der Waals surface area contributed by atoms with E-state index in [4.69, 9.17) is 28.0 Å². The van der Waals surface area contributed by atoms with Crippen molar-refractivity contribution in [3.8, 4) is 0 Å². The molecule has 0 bridgehead atoms. The predicted molar refractivity (Wildman–Crippen MR) is 175 cm³/mol. The van der Waals surface area contributed by atoms with Crippen LogP contribution in [-0.4, -0.2) is 61.3 Å². The van der Waals surface area contributed by atoms with E-state index >= 15 is 0 Å². The number of hydrazine groups is 1. The van der Waals surface area contributed by atoms with Crippen LogP contribution in [0.15, 0.2) is 84.0 Å². The summed E-state index contributed by atoms with van der Waals surface area (Å²) in [6.45, 7) is 6.82. The van der Waals surface area contributed by atoms with Gasteiger partial charge in [-0.05, 0) is 67.2 Å². The van der Waals surface area contributed by atoms with Crippen molar-refractivity contribution < 1.29 is 19.1 Å². The zero-order valence-corrected chi connectivity index (χ0v) is 25.5. The zero-order valence-electron chi connectivity index (χ0n) is 24.8.